The molecule has 12 heavy (non-hydrogen) atoms. The van der Waals surface area contributed by atoms with E-state index in [4.69, 9.17) is 4.74 Å². The van der Waals surface area contributed by atoms with Gasteiger partial charge in [0.15, 0.2) is 5.76 Å². The number of rotatable bonds is 7. The van der Waals surface area contributed by atoms with Gasteiger partial charge in [-0.15, -0.1) is 0 Å². The highest BCUT2D eigenvalue weighted by molar-refractivity contribution is 4.90. The van der Waals surface area contributed by atoms with E-state index in [0.29, 0.717) is 13.0 Å². The smallest absolute Gasteiger partial charge is 0.170 e. The Bertz CT molecular complexity index is 126. The third kappa shape index (κ3) is 4.34. The molecule has 0 aromatic heterocycles. The highest BCUT2D eigenvalue weighted by Gasteiger charge is 2.12. The second kappa shape index (κ2) is 7.10. The summed E-state index contributed by atoms with van der Waals surface area (Å²) in [5.41, 5.74) is 0. The van der Waals surface area contributed by atoms with Crippen molar-refractivity contribution in [3.05, 3.63) is 12.3 Å². The van der Waals surface area contributed by atoms with Crippen LogP contribution in [0.25, 0.3) is 0 Å². The third-order valence-corrected chi connectivity index (χ3v) is 1.65. The minimum atomic E-state index is -0.304. The van der Waals surface area contributed by atoms with Crippen LogP contribution in [0.3, 0.4) is 0 Å². The van der Waals surface area contributed by atoms with Gasteiger partial charge in [0.2, 0.25) is 0 Å². The van der Waals surface area contributed by atoms with Crippen LogP contribution in [0.15, 0.2) is 12.3 Å². The summed E-state index contributed by atoms with van der Waals surface area (Å²) in [6, 6.07) is 0. The van der Waals surface area contributed by atoms with Crippen molar-refractivity contribution >= 4 is 0 Å². The van der Waals surface area contributed by atoms with Gasteiger partial charge in [0.1, 0.15) is 6.10 Å². The first kappa shape index (κ1) is 11.4. The predicted octanol–water partition coefficient (Wildman–Crippen LogP) is 3.00. The van der Waals surface area contributed by atoms with Gasteiger partial charge >= 0.3 is 0 Å². The van der Waals surface area contributed by atoms with Crippen LogP contribution in [-0.2, 0) is 9.68 Å². The normalized spacial score (nSPS) is 12.6. The maximum absolute atomic E-state index is 11.7. The molecule has 0 amide bonds. The first-order valence-corrected chi connectivity index (χ1v) is 4.35. The molecule has 0 aromatic carbocycles. The minimum Gasteiger partial charge on any atom is -0.370 e. The van der Waals surface area contributed by atoms with E-state index in [2.05, 4.69) is 18.4 Å². The zero-order chi connectivity index (χ0) is 9.40. The van der Waals surface area contributed by atoms with Gasteiger partial charge in [-0.25, -0.2) is 0 Å². The SMILES string of the molecule is C=C(OF)C(CC)OCCCC. The van der Waals surface area contributed by atoms with E-state index in [1.807, 2.05) is 6.92 Å². The van der Waals surface area contributed by atoms with Crippen LogP contribution in [0.1, 0.15) is 33.1 Å². The lowest BCUT2D eigenvalue weighted by molar-refractivity contribution is -0.115. The lowest BCUT2D eigenvalue weighted by Gasteiger charge is -2.14. The van der Waals surface area contributed by atoms with Gasteiger partial charge < -0.3 is 4.74 Å². The van der Waals surface area contributed by atoms with Crippen molar-refractivity contribution in [3.8, 4) is 0 Å². The van der Waals surface area contributed by atoms with Gasteiger partial charge in [0, 0.05) is 11.1 Å². The molecule has 0 bridgehead atoms. The summed E-state index contributed by atoms with van der Waals surface area (Å²) in [6.07, 6.45) is 2.43. The molecule has 0 spiro atoms. The number of halogens is 1. The van der Waals surface area contributed by atoms with E-state index < -0.39 is 0 Å². The molecular weight excluding hydrogens is 159 g/mol. The van der Waals surface area contributed by atoms with Gasteiger partial charge in [-0.2, -0.15) is 0 Å². The summed E-state index contributed by atoms with van der Waals surface area (Å²) < 4.78 is 17.0. The molecule has 0 saturated heterocycles. The molecule has 0 rings (SSSR count). The fourth-order valence-electron chi connectivity index (χ4n) is 0.858. The zero-order valence-corrected chi connectivity index (χ0v) is 7.81. The Hall–Kier alpha value is -0.570. The fraction of sp³-hybridized carbons (Fsp3) is 0.778. The molecular formula is C9H17FO2. The predicted molar refractivity (Wildman–Crippen MR) is 46.3 cm³/mol. The van der Waals surface area contributed by atoms with Crippen LogP contribution in [0.5, 0.6) is 0 Å². The Labute approximate surface area is 73.3 Å². The zero-order valence-electron chi connectivity index (χ0n) is 7.81. The highest BCUT2D eigenvalue weighted by Crippen LogP contribution is 2.11. The van der Waals surface area contributed by atoms with Crippen LogP contribution in [-0.4, -0.2) is 12.7 Å². The molecule has 0 heterocycles. The minimum absolute atomic E-state index is 0.0635. The van der Waals surface area contributed by atoms with Crippen LogP contribution in [0.2, 0.25) is 0 Å². The van der Waals surface area contributed by atoms with Crippen LogP contribution < -0.4 is 0 Å². The molecule has 3 heteroatoms. The molecule has 72 valence electrons. The third-order valence-electron chi connectivity index (χ3n) is 1.65. The molecule has 1 atom stereocenters. The molecule has 0 aliphatic rings. The van der Waals surface area contributed by atoms with Crippen LogP contribution in [0.4, 0.5) is 4.53 Å². The Morgan fingerprint density at radius 1 is 1.50 bits per heavy atom. The number of hydrogen-bond donors (Lipinski definition) is 0. The first-order chi connectivity index (χ1) is 5.76. The van der Waals surface area contributed by atoms with Gasteiger partial charge in [-0.05, 0) is 12.8 Å². The topological polar surface area (TPSA) is 18.5 Å². The molecule has 1 unspecified atom stereocenters. The lowest BCUT2D eigenvalue weighted by Crippen LogP contribution is -2.15. The summed E-state index contributed by atoms with van der Waals surface area (Å²) in [4.78, 5) is 3.51. The molecule has 0 saturated carbocycles. The Balaban J connectivity index is 3.60. The Kier molecular flexibility index (Phi) is 6.76. The summed E-state index contributed by atoms with van der Waals surface area (Å²) in [7, 11) is 0. The summed E-state index contributed by atoms with van der Waals surface area (Å²) >= 11 is 0. The number of unbranched alkanes of at least 4 members (excludes halogenated alkanes) is 1. The number of ether oxygens (including phenoxy) is 1. The van der Waals surface area contributed by atoms with E-state index in [9.17, 15) is 4.53 Å². The first-order valence-electron chi connectivity index (χ1n) is 4.35. The van der Waals surface area contributed by atoms with Crippen LogP contribution >= 0.6 is 0 Å². The van der Waals surface area contributed by atoms with Crippen molar-refractivity contribution in [3.63, 3.8) is 0 Å². The molecule has 0 aliphatic heterocycles. The lowest BCUT2D eigenvalue weighted by atomic mass is 10.2. The van der Waals surface area contributed by atoms with Gasteiger partial charge in [-0.1, -0.05) is 26.8 Å². The van der Waals surface area contributed by atoms with Crippen molar-refractivity contribution in [2.24, 2.45) is 0 Å². The summed E-state index contributed by atoms with van der Waals surface area (Å²) in [5.74, 6) is 0.0635. The van der Waals surface area contributed by atoms with Gasteiger partial charge in [-0.3, -0.25) is 4.94 Å². The van der Waals surface area contributed by atoms with E-state index in [1.54, 1.807) is 0 Å². The van der Waals surface area contributed by atoms with E-state index >= 15 is 0 Å². The quantitative estimate of drug-likeness (QED) is 0.438. The standard InChI is InChI=1S/C9H17FO2/c1-4-6-7-11-9(5-2)8(3)12-10/h9H,3-7H2,1-2H3. The molecule has 0 radical (unpaired) electrons. The van der Waals surface area contributed by atoms with E-state index in [-0.39, 0.29) is 11.9 Å². The Morgan fingerprint density at radius 2 is 2.17 bits per heavy atom. The fourth-order valence-corrected chi connectivity index (χ4v) is 0.858. The summed E-state index contributed by atoms with van der Waals surface area (Å²) in [6.45, 7) is 8.01. The number of hydrogen-bond acceptors (Lipinski definition) is 2. The average molecular weight is 176 g/mol. The Morgan fingerprint density at radius 3 is 2.58 bits per heavy atom. The van der Waals surface area contributed by atoms with Gasteiger partial charge in [0.05, 0.1) is 0 Å². The molecule has 0 N–H and O–H groups in total. The van der Waals surface area contributed by atoms with Crippen LogP contribution in [0, 0.1) is 0 Å². The van der Waals surface area contributed by atoms with Crippen molar-refractivity contribution < 1.29 is 14.2 Å². The average Bonchev–Trinajstić information content (AvgIpc) is 2.11. The second-order valence-corrected chi connectivity index (χ2v) is 2.66. The van der Waals surface area contributed by atoms with E-state index in [1.165, 1.54) is 0 Å². The van der Waals surface area contributed by atoms with Crippen molar-refractivity contribution in [2.45, 2.75) is 39.2 Å². The maximum atomic E-state index is 11.7. The monoisotopic (exact) mass is 176 g/mol. The second-order valence-electron chi connectivity index (χ2n) is 2.66. The van der Waals surface area contributed by atoms with Gasteiger partial charge in [0.25, 0.3) is 0 Å². The molecule has 0 aromatic rings. The van der Waals surface area contributed by atoms with Crippen molar-refractivity contribution in [2.75, 3.05) is 6.61 Å². The highest BCUT2D eigenvalue weighted by atomic mass is 19.3. The largest absolute Gasteiger partial charge is 0.370 e. The van der Waals surface area contributed by atoms with E-state index in [0.717, 1.165) is 12.8 Å². The molecule has 0 fully saturated rings. The van der Waals surface area contributed by atoms with Crippen molar-refractivity contribution in [1.29, 1.82) is 0 Å². The molecule has 2 nitrogen and oxygen atoms in total. The summed E-state index contributed by atoms with van der Waals surface area (Å²) in [5, 5.41) is 0. The maximum Gasteiger partial charge on any atom is 0.170 e. The van der Waals surface area contributed by atoms with Crippen molar-refractivity contribution in [1.82, 2.24) is 0 Å². The molecule has 0 aliphatic carbocycles.